The fourth-order valence-corrected chi connectivity index (χ4v) is 2.59. The molecule has 0 aliphatic rings. The molecule has 0 atom stereocenters. The van der Waals surface area contributed by atoms with Gasteiger partial charge in [0.1, 0.15) is 0 Å². The minimum Gasteiger partial charge on any atom is -0.326 e. The van der Waals surface area contributed by atoms with Gasteiger partial charge in [0.05, 0.1) is 0 Å². The van der Waals surface area contributed by atoms with Crippen molar-refractivity contribution in [2.75, 3.05) is 13.6 Å². The van der Waals surface area contributed by atoms with Gasteiger partial charge >= 0.3 is 0 Å². The molecule has 0 radical (unpaired) electrons. The van der Waals surface area contributed by atoms with Crippen molar-refractivity contribution in [2.45, 2.75) is 26.9 Å². The maximum Gasteiger partial charge on any atom is 0.0274 e. The molecule has 0 unspecified atom stereocenters. The van der Waals surface area contributed by atoms with Crippen LogP contribution in [0.15, 0.2) is 18.2 Å². The number of nitrogens with two attached hydrogens (primary N) is 1. The molecule has 1 aromatic heterocycles. The number of rotatable bonds is 5. The fourth-order valence-electron chi connectivity index (χ4n) is 1.65. The molecule has 0 spiro atoms. The lowest BCUT2D eigenvalue weighted by Crippen LogP contribution is -2.19. The first-order chi connectivity index (χ1) is 7.02. The highest BCUT2D eigenvalue weighted by atomic mass is 32.1. The molecule has 0 aliphatic heterocycles. The van der Waals surface area contributed by atoms with Gasteiger partial charge < -0.3 is 5.73 Å². The minimum absolute atomic E-state index is 0.649. The summed E-state index contributed by atoms with van der Waals surface area (Å²) >= 11 is 1.80. The summed E-state index contributed by atoms with van der Waals surface area (Å²) in [4.78, 5) is 4.92. The molecule has 15 heavy (non-hydrogen) atoms. The van der Waals surface area contributed by atoms with Gasteiger partial charge in [-0.25, -0.2) is 0 Å². The second-order valence-electron chi connectivity index (χ2n) is 4.13. The molecule has 84 valence electrons. The van der Waals surface area contributed by atoms with Crippen LogP contribution in [0.4, 0.5) is 0 Å². The SMILES string of the molecule is C=C(C)CN(C)Cc1cc(CN)sc1C. The Balaban J connectivity index is 2.63. The van der Waals surface area contributed by atoms with Crippen molar-refractivity contribution in [3.63, 3.8) is 0 Å². The van der Waals surface area contributed by atoms with Crippen LogP contribution >= 0.6 is 11.3 Å². The molecule has 0 fully saturated rings. The Morgan fingerprint density at radius 3 is 2.73 bits per heavy atom. The van der Waals surface area contributed by atoms with Crippen molar-refractivity contribution in [1.82, 2.24) is 4.90 Å². The van der Waals surface area contributed by atoms with Crippen LogP contribution in [0.1, 0.15) is 22.2 Å². The molecule has 2 N–H and O–H groups in total. The van der Waals surface area contributed by atoms with Crippen molar-refractivity contribution in [2.24, 2.45) is 5.73 Å². The van der Waals surface area contributed by atoms with Gasteiger partial charge in [-0.05, 0) is 32.5 Å². The zero-order valence-electron chi connectivity index (χ0n) is 9.84. The summed E-state index contributed by atoms with van der Waals surface area (Å²) in [5.41, 5.74) is 8.22. The Bertz CT molecular complexity index is 341. The monoisotopic (exact) mass is 224 g/mol. The summed E-state index contributed by atoms with van der Waals surface area (Å²) in [5.74, 6) is 0. The van der Waals surface area contributed by atoms with E-state index in [0.717, 1.165) is 13.1 Å². The lowest BCUT2D eigenvalue weighted by Gasteiger charge is -2.16. The third-order valence-corrected chi connectivity index (χ3v) is 3.37. The summed E-state index contributed by atoms with van der Waals surface area (Å²) in [7, 11) is 2.12. The van der Waals surface area contributed by atoms with Gasteiger partial charge in [-0.2, -0.15) is 0 Å². The van der Waals surface area contributed by atoms with E-state index < -0.39 is 0 Å². The lowest BCUT2D eigenvalue weighted by molar-refractivity contribution is 0.355. The zero-order chi connectivity index (χ0) is 11.4. The Morgan fingerprint density at radius 2 is 2.27 bits per heavy atom. The van der Waals surface area contributed by atoms with E-state index in [2.05, 4.69) is 38.4 Å². The van der Waals surface area contributed by atoms with E-state index in [0.29, 0.717) is 6.54 Å². The lowest BCUT2D eigenvalue weighted by atomic mass is 10.2. The molecule has 0 aliphatic carbocycles. The Labute approximate surface area is 96.4 Å². The second kappa shape index (κ2) is 5.45. The Kier molecular flexibility index (Phi) is 4.51. The molecule has 2 nitrogen and oxygen atoms in total. The van der Waals surface area contributed by atoms with Crippen LogP contribution in [0.5, 0.6) is 0 Å². The Morgan fingerprint density at radius 1 is 1.60 bits per heavy atom. The average molecular weight is 224 g/mol. The maximum atomic E-state index is 5.63. The van der Waals surface area contributed by atoms with E-state index in [-0.39, 0.29) is 0 Å². The topological polar surface area (TPSA) is 29.3 Å². The molecule has 1 rings (SSSR count). The first-order valence-corrected chi connectivity index (χ1v) is 5.95. The fraction of sp³-hybridized carbons (Fsp3) is 0.500. The molecule has 3 heteroatoms. The largest absolute Gasteiger partial charge is 0.326 e. The molecule has 0 aromatic carbocycles. The highest BCUT2D eigenvalue weighted by Gasteiger charge is 2.07. The maximum absolute atomic E-state index is 5.63. The van der Waals surface area contributed by atoms with Crippen molar-refractivity contribution in [1.29, 1.82) is 0 Å². The van der Waals surface area contributed by atoms with E-state index >= 15 is 0 Å². The van der Waals surface area contributed by atoms with E-state index in [9.17, 15) is 0 Å². The smallest absolute Gasteiger partial charge is 0.0274 e. The molecular formula is C12H20N2S. The van der Waals surface area contributed by atoms with Crippen LogP contribution in [0.2, 0.25) is 0 Å². The molecule has 0 bridgehead atoms. The molecule has 1 heterocycles. The summed E-state index contributed by atoms with van der Waals surface area (Å²) in [5, 5.41) is 0. The van der Waals surface area contributed by atoms with Gasteiger partial charge in [0.15, 0.2) is 0 Å². The van der Waals surface area contributed by atoms with Gasteiger partial charge in [0.25, 0.3) is 0 Å². The predicted octanol–water partition coefficient (Wildman–Crippen LogP) is 2.52. The number of likely N-dealkylation sites (N-methyl/N-ethyl adjacent to an activating group) is 1. The molecule has 0 saturated heterocycles. The van der Waals surface area contributed by atoms with Crippen LogP contribution in [0.3, 0.4) is 0 Å². The molecule has 0 saturated carbocycles. The minimum atomic E-state index is 0.649. The second-order valence-corrected chi connectivity index (χ2v) is 5.47. The van der Waals surface area contributed by atoms with Gasteiger partial charge in [-0.1, -0.05) is 12.2 Å². The van der Waals surface area contributed by atoms with Gasteiger partial charge in [0.2, 0.25) is 0 Å². The van der Waals surface area contributed by atoms with Crippen LogP contribution in [-0.2, 0) is 13.1 Å². The summed E-state index contributed by atoms with van der Waals surface area (Å²) in [6.07, 6.45) is 0. The van der Waals surface area contributed by atoms with Crippen molar-refractivity contribution >= 4 is 11.3 Å². The van der Waals surface area contributed by atoms with Crippen LogP contribution in [0.25, 0.3) is 0 Å². The Hall–Kier alpha value is -0.640. The van der Waals surface area contributed by atoms with E-state index in [4.69, 9.17) is 5.73 Å². The number of thiophene rings is 1. The van der Waals surface area contributed by atoms with E-state index in [1.807, 2.05) is 0 Å². The number of hydrogen-bond donors (Lipinski definition) is 1. The normalized spacial score (nSPS) is 11.0. The highest BCUT2D eigenvalue weighted by Crippen LogP contribution is 2.22. The van der Waals surface area contributed by atoms with Crippen molar-refractivity contribution in [3.8, 4) is 0 Å². The molecular weight excluding hydrogens is 204 g/mol. The summed E-state index contributed by atoms with van der Waals surface area (Å²) < 4.78 is 0. The van der Waals surface area contributed by atoms with Gasteiger partial charge in [-0.15, -0.1) is 11.3 Å². The third-order valence-electron chi connectivity index (χ3n) is 2.25. The number of hydrogen-bond acceptors (Lipinski definition) is 3. The first kappa shape index (κ1) is 12.4. The number of nitrogens with zero attached hydrogens (tertiary/aromatic N) is 1. The highest BCUT2D eigenvalue weighted by molar-refractivity contribution is 7.12. The first-order valence-electron chi connectivity index (χ1n) is 5.14. The standard InChI is InChI=1S/C12H20N2S/c1-9(2)7-14(4)8-11-5-12(6-13)15-10(11)3/h5H,1,6-8,13H2,2-4H3. The number of aryl methyl sites for hydroxylation is 1. The van der Waals surface area contributed by atoms with Crippen LogP contribution in [-0.4, -0.2) is 18.5 Å². The summed E-state index contributed by atoms with van der Waals surface area (Å²) in [6.45, 7) is 10.7. The average Bonchev–Trinajstić information content (AvgIpc) is 2.46. The predicted molar refractivity (Wildman–Crippen MR) is 68.1 cm³/mol. The van der Waals surface area contributed by atoms with E-state index in [1.165, 1.54) is 20.9 Å². The van der Waals surface area contributed by atoms with Gasteiger partial charge in [-0.3, -0.25) is 4.90 Å². The van der Waals surface area contributed by atoms with Crippen LogP contribution < -0.4 is 5.73 Å². The molecule has 0 amide bonds. The molecule has 1 aromatic rings. The van der Waals surface area contributed by atoms with Crippen LogP contribution in [0, 0.1) is 6.92 Å². The van der Waals surface area contributed by atoms with Gasteiger partial charge in [0, 0.05) is 29.4 Å². The third kappa shape index (κ3) is 3.78. The zero-order valence-corrected chi connectivity index (χ0v) is 10.7. The quantitative estimate of drug-likeness (QED) is 0.779. The van der Waals surface area contributed by atoms with Crippen molar-refractivity contribution < 1.29 is 0 Å². The van der Waals surface area contributed by atoms with Crippen molar-refractivity contribution in [3.05, 3.63) is 33.5 Å². The summed E-state index contributed by atoms with van der Waals surface area (Å²) in [6, 6.07) is 2.22. The van der Waals surface area contributed by atoms with E-state index in [1.54, 1.807) is 11.3 Å².